The Labute approximate surface area is 150 Å². The van der Waals surface area contributed by atoms with Crippen LogP contribution in [0.5, 0.6) is 0 Å². The number of carbonyl (C=O) groups excluding carboxylic acids is 1. The van der Waals surface area contributed by atoms with Gasteiger partial charge in [-0.3, -0.25) is 4.90 Å². The molecule has 2 atom stereocenters. The lowest BCUT2D eigenvalue weighted by Crippen LogP contribution is -2.45. The van der Waals surface area contributed by atoms with Crippen molar-refractivity contribution >= 4 is 11.7 Å². The van der Waals surface area contributed by atoms with Crippen LogP contribution in [0.15, 0.2) is 24.5 Å². The molecule has 0 spiro atoms. The Morgan fingerprint density at radius 1 is 1.38 bits per heavy atom. The van der Waals surface area contributed by atoms with Crippen LogP contribution in [0.3, 0.4) is 0 Å². The molecule has 1 aliphatic rings. The fourth-order valence-corrected chi connectivity index (χ4v) is 2.96. The number of nitrogens with zero attached hydrogens (tertiary/aromatic N) is 5. The number of halogens is 1. The summed E-state index contributed by atoms with van der Waals surface area (Å²) in [7, 11) is 1.62. The summed E-state index contributed by atoms with van der Waals surface area (Å²) < 4.78 is 20.9. The van der Waals surface area contributed by atoms with Crippen molar-refractivity contribution in [1.82, 2.24) is 30.4 Å². The largest absolute Gasteiger partial charge is 0.378 e. The summed E-state index contributed by atoms with van der Waals surface area (Å²) in [5, 5.41) is 16.2. The van der Waals surface area contributed by atoms with Crippen molar-refractivity contribution in [2.45, 2.75) is 32.0 Å². The molecule has 2 N–H and O–H groups in total. The number of likely N-dealkylation sites (tertiary alicyclic amines) is 1. The highest BCUT2D eigenvalue weighted by Gasteiger charge is 2.35. The third-order valence-electron chi connectivity index (χ3n) is 4.46. The first-order valence-corrected chi connectivity index (χ1v) is 8.35. The van der Waals surface area contributed by atoms with Crippen molar-refractivity contribution in [3.63, 3.8) is 0 Å². The first-order chi connectivity index (χ1) is 12.5. The fraction of sp³-hybridized carbons (Fsp3) is 0.500. The smallest absolute Gasteiger partial charge is 0.319 e. The van der Waals surface area contributed by atoms with Gasteiger partial charge in [-0.05, 0) is 42.5 Å². The van der Waals surface area contributed by atoms with Gasteiger partial charge in [0.2, 0.25) is 0 Å². The van der Waals surface area contributed by atoms with Crippen molar-refractivity contribution in [3.8, 4) is 5.69 Å². The van der Waals surface area contributed by atoms with Gasteiger partial charge in [-0.2, -0.15) is 0 Å². The molecule has 0 radical (unpaired) electrons. The third-order valence-corrected chi connectivity index (χ3v) is 4.46. The number of carbonyl (C=O) groups is 1. The zero-order valence-electron chi connectivity index (χ0n) is 14.9. The van der Waals surface area contributed by atoms with E-state index >= 15 is 0 Å². The first-order valence-electron chi connectivity index (χ1n) is 8.35. The molecule has 2 heterocycles. The normalized spacial score (nSPS) is 20.5. The van der Waals surface area contributed by atoms with Gasteiger partial charge in [0.1, 0.15) is 12.1 Å². The molecular formula is C16H22FN7O2. The minimum absolute atomic E-state index is 0.0446. The summed E-state index contributed by atoms with van der Waals surface area (Å²) in [5.74, 6) is -0.546. The summed E-state index contributed by atoms with van der Waals surface area (Å²) in [6.07, 6.45) is 1.28. The highest BCUT2D eigenvalue weighted by Crippen LogP contribution is 2.19. The Kier molecular flexibility index (Phi) is 5.43. The van der Waals surface area contributed by atoms with E-state index in [1.54, 1.807) is 7.11 Å². The molecule has 140 valence electrons. The van der Waals surface area contributed by atoms with Crippen molar-refractivity contribution < 1.29 is 13.9 Å². The van der Waals surface area contributed by atoms with E-state index in [2.05, 4.69) is 44.9 Å². The summed E-state index contributed by atoms with van der Waals surface area (Å²) >= 11 is 0. The average molecular weight is 363 g/mol. The Balaban J connectivity index is 1.67. The number of hydrogen-bond donors (Lipinski definition) is 2. The van der Waals surface area contributed by atoms with Crippen LogP contribution in [0.1, 0.15) is 13.8 Å². The molecule has 0 saturated carbocycles. The molecule has 1 aliphatic heterocycles. The fourth-order valence-electron chi connectivity index (χ4n) is 2.96. The van der Waals surface area contributed by atoms with Crippen molar-refractivity contribution in [1.29, 1.82) is 0 Å². The van der Waals surface area contributed by atoms with Gasteiger partial charge >= 0.3 is 6.03 Å². The minimum Gasteiger partial charge on any atom is -0.378 e. The molecular weight excluding hydrogens is 341 g/mol. The lowest BCUT2D eigenvalue weighted by Gasteiger charge is -2.20. The summed E-state index contributed by atoms with van der Waals surface area (Å²) in [6, 6.07) is 3.93. The van der Waals surface area contributed by atoms with Crippen LogP contribution in [0.2, 0.25) is 0 Å². The van der Waals surface area contributed by atoms with Crippen LogP contribution in [-0.4, -0.2) is 69.5 Å². The number of aromatic nitrogens is 4. The Morgan fingerprint density at radius 2 is 2.19 bits per heavy atom. The first kappa shape index (κ1) is 18.2. The van der Waals surface area contributed by atoms with Crippen LogP contribution < -0.4 is 10.6 Å². The molecule has 3 rings (SSSR count). The lowest BCUT2D eigenvalue weighted by molar-refractivity contribution is 0.0896. The maximum Gasteiger partial charge on any atom is 0.319 e. The predicted octanol–water partition coefficient (Wildman–Crippen LogP) is 1.03. The van der Waals surface area contributed by atoms with E-state index in [1.165, 1.54) is 29.2 Å². The van der Waals surface area contributed by atoms with Crippen molar-refractivity contribution in [3.05, 3.63) is 30.3 Å². The molecule has 0 bridgehead atoms. The van der Waals surface area contributed by atoms with Crippen LogP contribution in [-0.2, 0) is 4.74 Å². The highest BCUT2D eigenvalue weighted by molar-refractivity contribution is 5.90. The molecule has 2 aromatic rings. The van der Waals surface area contributed by atoms with E-state index in [0.717, 1.165) is 6.54 Å². The van der Waals surface area contributed by atoms with E-state index in [1.807, 2.05) is 0 Å². The summed E-state index contributed by atoms with van der Waals surface area (Å²) in [6.45, 7) is 5.60. The van der Waals surface area contributed by atoms with Gasteiger partial charge in [0.15, 0.2) is 0 Å². The number of methoxy groups -OCH3 is 1. The molecule has 1 aromatic heterocycles. The molecule has 10 heteroatoms. The second-order valence-corrected chi connectivity index (χ2v) is 6.45. The van der Waals surface area contributed by atoms with Gasteiger partial charge in [0.05, 0.1) is 23.5 Å². The van der Waals surface area contributed by atoms with Gasteiger partial charge in [0.25, 0.3) is 0 Å². The zero-order chi connectivity index (χ0) is 18.7. The second-order valence-electron chi connectivity index (χ2n) is 6.45. The monoisotopic (exact) mass is 363 g/mol. The van der Waals surface area contributed by atoms with E-state index in [9.17, 15) is 9.18 Å². The van der Waals surface area contributed by atoms with Gasteiger partial charge in [0, 0.05) is 26.2 Å². The Morgan fingerprint density at radius 3 is 2.85 bits per heavy atom. The van der Waals surface area contributed by atoms with Crippen LogP contribution in [0, 0.1) is 5.82 Å². The second kappa shape index (κ2) is 7.75. The molecule has 9 nitrogen and oxygen atoms in total. The number of anilines is 1. The summed E-state index contributed by atoms with van der Waals surface area (Å²) in [4.78, 5) is 14.6. The van der Waals surface area contributed by atoms with Crippen LogP contribution >= 0.6 is 0 Å². The van der Waals surface area contributed by atoms with Crippen molar-refractivity contribution in [2.24, 2.45) is 0 Å². The number of ether oxygens (including phenoxy) is 1. The quantitative estimate of drug-likeness (QED) is 0.824. The predicted molar refractivity (Wildman–Crippen MR) is 92.6 cm³/mol. The molecule has 1 aromatic carbocycles. The number of tetrazole rings is 1. The topological polar surface area (TPSA) is 97.2 Å². The molecule has 0 unspecified atom stereocenters. The summed E-state index contributed by atoms with van der Waals surface area (Å²) in [5.41, 5.74) is 0.580. The van der Waals surface area contributed by atoms with Crippen LogP contribution in [0.4, 0.5) is 14.9 Å². The van der Waals surface area contributed by atoms with E-state index < -0.39 is 11.8 Å². The number of hydrogen-bond acceptors (Lipinski definition) is 6. The number of benzene rings is 1. The maximum absolute atomic E-state index is 14.1. The zero-order valence-corrected chi connectivity index (χ0v) is 14.9. The van der Waals surface area contributed by atoms with Gasteiger partial charge in [-0.25, -0.2) is 13.9 Å². The lowest BCUT2D eigenvalue weighted by atomic mass is 10.2. The molecule has 2 amide bonds. The van der Waals surface area contributed by atoms with Crippen LogP contribution in [0.25, 0.3) is 5.69 Å². The standard InChI is InChI=1S/C16H22FN7O2/c1-10(2)23-7-14(15(8-23)26-3)20-16(25)19-13-6-11(4-5-12(13)17)24-9-18-21-22-24/h4-6,9-10,14-15H,7-8H2,1-3H3,(H2,19,20,25)/t14-,15-/m0/s1. The van der Waals surface area contributed by atoms with Gasteiger partial charge < -0.3 is 15.4 Å². The Hall–Kier alpha value is -2.59. The molecule has 26 heavy (non-hydrogen) atoms. The average Bonchev–Trinajstić information content (AvgIpc) is 3.26. The van der Waals surface area contributed by atoms with Gasteiger partial charge in [-0.15, -0.1) is 5.10 Å². The maximum atomic E-state index is 14.1. The molecule has 1 fully saturated rings. The SMILES string of the molecule is CO[C@H]1CN(C(C)C)C[C@@H]1NC(=O)Nc1cc(-n2cnnn2)ccc1F. The highest BCUT2D eigenvalue weighted by atomic mass is 19.1. The Bertz CT molecular complexity index is 753. The van der Waals surface area contributed by atoms with E-state index in [0.29, 0.717) is 18.3 Å². The number of urea groups is 1. The number of amides is 2. The van der Waals surface area contributed by atoms with Crippen molar-refractivity contribution in [2.75, 3.05) is 25.5 Å². The number of rotatable bonds is 5. The van der Waals surface area contributed by atoms with E-state index in [-0.39, 0.29) is 17.8 Å². The molecule has 0 aliphatic carbocycles. The minimum atomic E-state index is -0.546. The third kappa shape index (κ3) is 3.97. The number of nitrogens with one attached hydrogen (secondary N) is 2. The van der Waals surface area contributed by atoms with Gasteiger partial charge in [-0.1, -0.05) is 0 Å². The van der Waals surface area contributed by atoms with E-state index in [4.69, 9.17) is 4.74 Å². The molecule has 1 saturated heterocycles.